The Hall–Kier alpha value is -1.03. The highest BCUT2D eigenvalue weighted by Gasteiger charge is 2.22. The predicted molar refractivity (Wildman–Crippen MR) is 70.2 cm³/mol. The maximum absolute atomic E-state index is 11.4. The fourth-order valence-electron chi connectivity index (χ4n) is 1.53. The number of aryl methyl sites for hydroxylation is 2. The Morgan fingerprint density at radius 2 is 2.00 bits per heavy atom. The molecule has 4 heteroatoms. The van der Waals surface area contributed by atoms with E-state index in [-0.39, 0.29) is 17.1 Å². The van der Waals surface area contributed by atoms with E-state index in [1.807, 2.05) is 39.8 Å². The van der Waals surface area contributed by atoms with E-state index >= 15 is 0 Å². The van der Waals surface area contributed by atoms with Gasteiger partial charge in [0.2, 0.25) is 0 Å². The second-order valence-corrected chi connectivity index (χ2v) is 5.66. The topological polar surface area (TPSA) is 39.2 Å². The summed E-state index contributed by atoms with van der Waals surface area (Å²) in [7, 11) is 1.42. The Morgan fingerprint density at radius 1 is 1.35 bits per heavy atom. The van der Waals surface area contributed by atoms with Crippen LogP contribution in [0.1, 0.15) is 25.1 Å². The van der Waals surface area contributed by atoms with Crippen LogP contribution in [0, 0.1) is 19.8 Å². The number of rotatable bonds is 4. The van der Waals surface area contributed by atoms with Crippen LogP contribution in [0.25, 0.3) is 0 Å². The van der Waals surface area contributed by atoms with Gasteiger partial charge in [0, 0.05) is 10.9 Å². The van der Waals surface area contributed by atoms with Crippen molar-refractivity contribution in [2.75, 3.05) is 7.11 Å². The van der Waals surface area contributed by atoms with Crippen LogP contribution in [-0.2, 0) is 9.53 Å². The zero-order chi connectivity index (χ0) is 13.0. The van der Waals surface area contributed by atoms with Crippen LogP contribution in [0.15, 0.2) is 17.2 Å². The molecule has 1 heterocycles. The van der Waals surface area contributed by atoms with Gasteiger partial charge in [0.15, 0.2) is 0 Å². The Kier molecular flexibility index (Phi) is 5.00. The Balaban J connectivity index is 2.73. The molecule has 1 rings (SSSR count). The van der Waals surface area contributed by atoms with Crippen LogP contribution in [0.3, 0.4) is 0 Å². The number of hydrogen-bond donors (Lipinski definition) is 0. The summed E-state index contributed by atoms with van der Waals surface area (Å²) in [5, 5.41) is 1.11. The summed E-state index contributed by atoms with van der Waals surface area (Å²) >= 11 is 1.61. The fraction of sp³-hybridized carbons (Fsp3) is 0.538. The molecule has 2 unspecified atom stereocenters. The molecule has 0 aliphatic rings. The minimum Gasteiger partial charge on any atom is -0.469 e. The molecule has 0 aromatic carbocycles. The molecule has 1 aromatic heterocycles. The third-order valence-corrected chi connectivity index (χ3v) is 3.89. The molecular formula is C13H19NO2S. The lowest BCUT2D eigenvalue weighted by Crippen LogP contribution is -2.22. The largest absolute Gasteiger partial charge is 0.469 e. The van der Waals surface area contributed by atoms with Crippen LogP contribution >= 0.6 is 11.8 Å². The summed E-state index contributed by atoms with van der Waals surface area (Å²) in [5.74, 6) is -0.304. The van der Waals surface area contributed by atoms with Crippen molar-refractivity contribution in [1.29, 1.82) is 0 Å². The van der Waals surface area contributed by atoms with Gasteiger partial charge < -0.3 is 4.74 Å². The zero-order valence-electron chi connectivity index (χ0n) is 11.0. The van der Waals surface area contributed by atoms with E-state index in [9.17, 15) is 4.79 Å². The van der Waals surface area contributed by atoms with Crippen molar-refractivity contribution in [3.63, 3.8) is 0 Å². The number of pyridine rings is 1. The first-order valence-corrected chi connectivity index (χ1v) is 6.51. The van der Waals surface area contributed by atoms with Crippen LogP contribution < -0.4 is 0 Å². The number of hydrogen-bond acceptors (Lipinski definition) is 4. The molecule has 2 atom stereocenters. The number of nitrogens with zero attached hydrogens (tertiary/aromatic N) is 1. The zero-order valence-corrected chi connectivity index (χ0v) is 11.8. The number of esters is 1. The van der Waals surface area contributed by atoms with Crippen LogP contribution in [0.4, 0.5) is 0 Å². The number of ether oxygens (including phenoxy) is 1. The van der Waals surface area contributed by atoms with Gasteiger partial charge >= 0.3 is 5.97 Å². The molecule has 0 amide bonds. The van der Waals surface area contributed by atoms with E-state index in [1.54, 1.807) is 11.8 Å². The van der Waals surface area contributed by atoms with Crippen LogP contribution in [-0.4, -0.2) is 23.3 Å². The number of aromatic nitrogens is 1. The molecule has 0 saturated carbocycles. The molecule has 0 aliphatic heterocycles. The molecular weight excluding hydrogens is 234 g/mol. The third kappa shape index (κ3) is 4.04. The van der Waals surface area contributed by atoms with Crippen molar-refractivity contribution in [2.24, 2.45) is 5.92 Å². The molecule has 0 N–H and O–H groups in total. The summed E-state index contributed by atoms with van der Waals surface area (Å²) in [6.45, 7) is 7.93. The first-order valence-electron chi connectivity index (χ1n) is 5.63. The summed E-state index contributed by atoms with van der Waals surface area (Å²) in [6, 6.07) is 4.08. The van der Waals surface area contributed by atoms with Gasteiger partial charge in [-0.25, -0.2) is 4.98 Å². The lowest BCUT2D eigenvalue weighted by Gasteiger charge is -2.17. The maximum atomic E-state index is 11.4. The van der Waals surface area contributed by atoms with Crippen molar-refractivity contribution in [3.8, 4) is 0 Å². The van der Waals surface area contributed by atoms with Crippen molar-refractivity contribution >= 4 is 17.7 Å². The van der Waals surface area contributed by atoms with Crippen molar-refractivity contribution in [1.82, 2.24) is 4.98 Å². The molecule has 0 aliphatic carbocycles. The van der Waals surface area contributed by atoms with Crippen LogP contribution in [0.2, 0.25) is 0 Å². The van der Waals surface area contributed by atoms with E-state index in [4.69, 9.17) is 4.74 Å². The highest BCUT2D eigenvalue weighted by molar-refractivity contribution is 7.99. The van der Waals surface area contributed by atoms with E-state index < -0.39 is 0 Å². The quantitative estimate of drug-likeness (QED) is 0.611. The molecule has 1 aromatic rings. The first kappa shape index (κ1) is 14.0. The van der Waals surface area contributed by atoms with Gasteiger partial charge in [-0.2, -0.15) is 0 Å². The summed E-state index contributed by atoms with van der Waals surface area (Å²) in [5.41, 5.74) is 2.20. The standard InChI is InChI=1S/C13H19NO2S/c1-8-6-9(2)14-12(7-8)17-11(4)10(3)13(15)16-5/h6-7,10-11H,1-5H3. The average molecular weight is 253 g/mol. The minimum atomic E-state index is -0.172. The van der Waals surface area contributed by atoms with E-state index in [0.29, 0.717) is 0 Å². The predicted octanol–water partition coefficient (Wildman–Crippen LogP) is 2.99. The normalized spacial score (nSPS) is 14.2. The monoisotopic (exact) mass is 253 g/mol. The highest BCUT2D eigenvalue weighted by atomic mass is 32.2. The highest BCUT2D eigenvalue weighted by Crippen LogP contribution is 2.27. The Bertz CT molecular complexity index is 386. The van der Waals surface area contributed by atoms with E-state index in [0.717, 1.165) is 10.7 Å². The molecule has 3 nitrogen and oxygen atoms in total. The van der Waals surface area contributed by atoms with E-state index in [2.05, 4.69) is 4.98 Å². The molecule has 0 spiro atoms. The number of thioether (sulfide) groups is 1. The molecule has 0 saturated heterocycles. The summed E-state index contributed by atoms with van der Waals surface area (Å²) in [4.78, 5) is 15.9. The number of carbonyl (C=O) groups excluding carboxylic acids is 1. The molecule has 17 heavy (non-hydrogen) atoms. The fourth-order valence-corrected chi connectivity index (χ4v) is 2.68. The van der Waals surface area contributed by atoms with E-state index in [1.165, 1.54) is 12.7 Å². The first-order chi connectivity index (χ1) is 7.93. The van der Waals surface area contributed by atoms with Gasteiger partial charge in [0.1, 0.15) is 0 Å². The minimum absolute atomic E-state index is 0.132. The second kappa shape index (κ2) is 6.05. The Morgan fingerprint density at radius 3 is 2.53 bits per heavy atom. The van der Waals surface area contributed by atoms with Crippen LogP contribution in [0.5, 0.6) is 0 Å². The third-order valence-electron chi connectivity index (χ3n) is 2.66. The van der Waals surface area contributed by atoms with Gasteiger partial charge in [-0.3, -0.25) is 4.79 Å². The smallest absolute Gasteiger partial charge is 0.309 e. The molecule has 0 radical (unpaired) electrons. The summed E-state index contributed by atoms with van der Waals surface area (Å²) < 4.78 is 4.75. The SMILES string of the molecule is COC(=O)C(C)C(C)Sc1cc(C)cc(C)n1. The van der Waals surface area contributed by atoms with Crippen molar-refractivity contribution in [2.45, 2.75) is 38.0 Å². The average Bonchev–Trinajstić information content (AvgIpc) is 2.25. The maximum Gasteiger partial charge on any atom is 0.309 e. The van der Waals surface area contributed by atoms with Crippen molar-refractivity contribution < 1.29 is 9.53 Å². The van der Waals surface area contributed by atoms with Gasteiger partial charge in [0.05, 0.1) is 18.1 Å². The second-order valence-electron chi connectivity index (χ2n) is 4.26. The van der Waals surface area contributed by atoms with Gasteiger partial charge in [-0.05, 0) is 31.5 Å². The number of carbonyl (C=O) groups is 1. The van der Waals surface area contributed by atoms with Gasteiger partial charge in [-0.15, -0.1) is 11.8 Å². The molecule has 0 fully saturated rings. The van der Waals surface area contributed by atoms with Crippen molar-refractivity contribution in [3.05, 3.63) is 23.4 Å². The lowest BCUT2D eigenvalue weighted by atomic mass is 10.1. The van der Waals surface area contributed by atoms with Gasteiger partial charge in [0.25, 0.3) is 0 Å². The van der Waals surface area contributed by atoms with Gasteiger partial charge in [-0.1, -0.05) is 13.8 Å². The Labute approximate surface area is 107 Å². The summed E-state index contributed by atoms with van der Waals surface area (Å²) in [6.07, 6.45) is 0. The molecule has 94 valence electrons. The lowest BCUT2D eigenvalue weighted by molar-refractivity contribution is -0.144. The molecule has 0 bridgehead atoms. The number of methoxy groups -OCH3 is 1.